The Morgan fingerprint density at radius 3 is 2.62 bits per heavy atom. The number of amides is 1. The molecule has 0 spiro atoms. The lowest BCUT2D eigenvalue weighted by molar-refractivity contribution is -0.114. The van der Waals surface area contributed by atoms with Gasteiger partial charge in [-0.25, -0.2) is 15.0 Å². The lowest BCUT2D eigenvalue weighted by Crippen LogP contribution is -2.10. The minimum Gasteiger partial charge on any atom is -0.497 e. The average Bonchev–Trinajstić information content (AvgIpc) is 3.16. The van der Waals surface area contributed by atoms with Gasteiger partial charge in [0.2, 0.25) is 6.41 Å². The van der Waals surface area contributed by atoms with Crippen LogP contribution in [0.1, 0.15) is 23.9 Å². The van der Waals surface area contributed by atoms with Crippen molar-refractivity contribution in [3.05, 3.63) is 52.7 Å². The lowest BCUT2D eigenvalue weighted by Gasteiger charge is -2.14. The molecule has 1 amide bonds. The van der Waals surface area contributed by atoms with Gasteiger partial charge in [0.1, 0.15) is 22.9 Å². The standard InChI is InChI=1S/C23H26ClN7O3/c1-13(16-7-15(33-5)8-20(34-6)21(16)24)27-19(11-30(3)12-32)22-23(25)26-9-18(28-22)17-10-31(4)29-14(17)2/h7-12H,1-6H3,(H2,25,26)/b19-11-,27-13?. The van der Waals surface area contributed by atoms with E-state index in [-0.39, 0.29) is 5.82 Å². The van der Waals surface area contributed by atoms with Gasteiger partial charge in [0.25, 0.3) is 0 Å². The monoisotopic (exact) mass is 483 g/mol. The number of nitrogen functional groups attached to an aromatic ring is 1. The van der Waals surface area contributed by atoms with Gasteiger partial charge in [-0.3, -0.25) is 9.48 Å². The summed E-state index contributed by atoms with van der Waals surface area (Å²) in [5.74, 6) is 1.14. The summed E-state index contributed by atoms with van der Waals surface area (Å²) in [6, 6.07) is 3.42. The molecule has 0 unspecified atom stereocenters. The van der Waals surface area contributed by atoms with Gasteiger partial charge in [0, 0.05) is 49.4 Å². The highest BCUT2D eigenvalue weighted by atomic mass is 35.5. The number of aliphatic imine (C=N–C) groups is 1. The number of aryl methyl sites for hydroxylation is 2. The first-order chi connectivity index (χ1) is 16.2. The van der Waals surface area contributed by atoms with E-state index in [4.69, 9.17) is 36.8 Å². The second-order valence-electron chi connectivity index (χ2n) is 7.46. The van der Waals surface area contributed by atoms with Crippen LogP contribution in [0.4, 0.5) is 5.82 Å². The smallest absolute Gasteiger partial charge is 0.213 e. The molecule has 0 saturated carbocycles. The summed E-state index contributed by atoms with van der Waals surface area (Å²) >= 11 is 6.54. The number of nitrogens with zero attached hydrogens (tertiary/aromatic N) is 6. The molecule has 3 aromatic rings. The molecule has 0 saturated heterocycles. The third-order valence-corrected chi connectivity index (χ3v) is 5.36. The Kier molecular flexibility index (Phi) is 7.52. The van der Waals surface area contributed by atoms with Crippen LogP contribution < -0.4 is 15.2 Å². The summed E-state index contributed by atoms with van der Waals surface area (Å²) in [7, 11) is 6.47. The number of hydrogen-bond acceptors (Lipinski definition) is 8. The van der Waals surface area contributed by atoms with Crippen LogP contribution in [0.5, 0.6) is 11.5 Å². The number of carbonyl (C=O) groups is 1. The van der Waals surface area contributed by atoms with E-state index in [0.717, 1.165) is 11.3 Å². The fourth-order valence-corrected chi connectivity index (χ4v) is 3.60. The molecule has 2 N–H and O–H groups in total. The molecular formula is C23H26ClN7O3. The first kappa shape index (κ1) is 24.7. The highest BCUT2D eigenvalue weighted by Crippen LogP contribution is 2.34. The highest BCUT2D eigenvalue weighted by Gasteiger charge is 2.17. The van der Waals surface area contributed by atoms with Crippen LogP contribution in [-0.4, -0.2) is 58.0 Å². The number of ether oxygens (including phenoxy) is 2. The van der Waals surface area contributed by atoms with Crippen LogP contribution >= 0.6 is 11.6 Å². The average molecular weight is 484 g/mol. The number of methoxy groups -OCH3 is 2. The molecular weight excluding hydrogens is 458 g/mol. The van der Waals surface area contributed by atoms with Crippen LogP contribution in [0.25, 0.3) is 17.0 Å². The molecule has 0 bridgehead atoms. The third kappa shape index (κ3) is 5.18. The fourth-order valence-electron chi connectivity index (χ4n) is 3.28. The number of carbonyl (C=O) groups excluding carboxylic acids is 1. The van der Waals surface area contributed by atoms with E-state index in [2.05, 4.69) is 10.1 Å². The number of nitrogens with two attached hydrogens (primary N) is 1. The Hall–Kier alpha value is -3.92. The van der Waals surface area contributed by atoms with E-state index in [1.165, 1.54) is 18.2 Å². The molecule has 0 fully saturated rings. The number of hydrogen-bond donors (Lipinski definition) is 1. The quantitative estimate of drug-likeness (QED) is 0.385. The molecule has 0 radical (unpaired) electrons. The van der Waals surface area contributed by atoms with Gasteiger partial charge >= 0.3 is 0 Å². The van der Waals surface area contributed by atoms with Gasteiger partial charge in [0.05, 0.1) is 36.8 Å². The zero-order chi connectivity index (χ0) is 25.0. The summed E-state index contributed by atoms with van der Waals surface area (Å²) in [4.78, 5) is 26.4. The Bertz CT molecular complexity index is 1280. The van der Waals surface area contributed by atoms with E-state index >= 15 is 0 Å². The second kappa shape index (κ2) is 10.3. The SMILES string of the molecule is COc1cc(OC)c(Cl)c(C(C)=N/C(=C\N(C)C=O)c2nc(-c3cn(C)nc3C)cnc2N)c1. The van der Waals surface area contributed by atoms with Crippen molar-refractivity contribution in [3.63, 3.8) is 0 Å². The number of rotatable bonds is 8. The molecule has 178 valence electrons. The van der Waals surface area contributed by atoms with Gasteiger partial charge in [-0.15, -0.1) is 0 Å². The number of anilines is 1. The highest BCUT2D eigenvalue weighted by molar-refractivity contribution is 6.35. The maximum absolute atomic E-state index is 11.4. The van der Waals surface area contributed by atoms with E-state index in [1.54, 1.807) is 44.1 Å². The van der Waals surface area contributed by atoms with E-state index in [9.17, 15) is 4.79 Å². The number of benzene rings is 1. The van der Waals surface area contributed by atoms with Crippen molar-refractivity contribution >= 4 is 35.2 Å². The van der Waals surface area contributed by atoms with Crippen molar-refractivity contribution in [3.8, 4) is 22.8 Å². The topological polar surface area (TPSA) is 121 Å². The molecule has 3 rings (SSSR count). The van der Waals surface area contributed by atoms with Gasteiger partial charge in [-0.2, -0.15) is 5.10 Å². The number of halogens is 1. The van der Waals surface area contributed by atoms with E-state index < -0.39 is 0 Å². The van der Waals surface area contributed by atoms with Crippen molar-refractivity contribution in [2.45, 2.75) is 13.8 Å². The summed E-state index contributed by atoms with van der Waals surface area (Å²) in [5, 5.41) is 4.73. The minimum atomic E-state index is 0.154. The zero-order valence-corrected chi connectivity index (χ0v) is 20.6. The largest absolute Gasteiger partial charge is 0.497 e. The maximum atomic E-state index is 11.4. The Morgan fingerprint density at radius 1 is 1.29 bits per heavy atom. The van der Waals surface area contributed by atoms with Gasteiger partial charge in [-0.05, 0) is 19.9 Å². The molecule has 0 aliphatic heterocycles. The normalized spacial score (nSPS) is 12.0. The summed E-state index contributed by atoms with van der Waals surface area (Å²) in [6.45, 7) is 3.65. The first-order valence-electron chi connectivity index (χ1n) is 10.2. The molecule has 1 aromatic carbocycles. The van der Waals surface area contributed by atoms with Gasteiger partial charge < -0.3 is 20.1 Å². The van der Waals surface area contributed by atoms with Gasteiger partial charge in [-0.1, -0.05) is 11.6 Å². The Labute approximate surface area is 202 Å². The summed E-state index contributed by atoms with van der Waals surface area (Å²) in [5.41, 5.74) is 10.1. The van der Waals surface area contributed by atoms with Crippen LogP contribution in [0.15, 0.2) is 35.7 Å². The zero-order valence-electron chi connectivity index (χ0n) is 19.8. The van der Waals surface area contributed by atoms with Crippen LogP contribution in [-0.2, 0) is 11.8 Å². The first-order valence-corrected chi connectivity index (χ1v) is 10.6. The maximum Gasteiger partial charge on any atom is 0.213 e. The molecule has 2 heterocycles. The predicted molar refractivity (Wildman–Crippen MR) is 132 cm³/mol. The molecule has 34 heavy (non-hydrogen) atoms. The van der Waals surface area contributed by atoms with Crippen molar-refractivity contribution in [2.24, 2.45) is 12.0 Å². The van der Waals surface area contributed by atoms with E-state index in [1.807, 2.05) is 20.2 Å². The number of aromatic nitrogens is 4. The molecule has 0 atom stereocenters. The Morgan fingerprint density at radius 2 is 2.03 bits per heavy atom. The summed E-state index contributed by atoms with van der Waals surface area (Å²) < 4.78 is 12.4. The minimum absolute atomic E-state index is 0.154. The molecule has 0 aliphatic rings. The van der Waals surface area contributed by atoms with Crippen LogP contribution in [0, 0.1) is 6.92 Å². The van der Waals surface area contributed by atoms with Crippen molar-refractivity contribution in [2.75, 3.05) is 27.0 Å². The predicted octanol–water partition coefficient (Wildman–Crippen LogP) is 3.33. The summed E-state index contributed by atoms with van der Waals surface area (Å²) in [6.07, 6.45) is 5.58. The van der Waals surface area contributed by atoms with Crippen molar-refractivity contribution in [1.82, 2.24) is 24.6 Å². The molecule has 2 aromatic heterocycles. The Balaban J connectivity index is 2.19. The molecule has 11 heteroatoms. The fraction of sp³-hybridized carbons (Fsp3) is 0.261. The molecule has 10 nitrogen and oxygen atoms in total. The van der Waals surface area contributed by atoms with Crippen molar-refractivity contribution < 1.29 is 14.3 Å². The molecule has 0 aliphatic carbocycles. The van der Waals surface area contributed by atoms with Crippen LogP contribution in [0.2, 0.25) is 5.02 Å². The lowest BCUT2D eigenvalue weighted by atomic mass is 10.1. The third-order valence-electron chi connectivity index (χ3n) is 4.97. The van der Waals surface area contributed by atoms with E-state index in [0.29, 0.717) is 51.3 Å². The second-order valence-corrected chi connectivity index (χ2v) is 7.84. The van der Waals surface area contributed by atoms with Crippen LogP contribution in [0.3, 0.4) is 0 Å². The van der Waals surface area contributed by atoms with Gasteiger partial charge in [0.15, 0.2) is 5.82 Å². The van der Waals surface area contributed by atoms with Crippen molar-refractivity contribution in [1.29, 1.82) is 0 Å².